The zero-order valence-electron chi connectivity index (χ0n) is 7.58. The summed E-state index contributed by atoms with van der Waals surface area (Å²) in [5.41, 5.74) is 6.81. The van der Waals surface area contributed by atoms with Crippen LogP contribution in [-0.4, -0.2) is 21.6 Å². The van der Waals surface area contributed by atoms with Crippen molar-refractivity contribution in [1.29, 1.82) is 0 Å². The molecule has 0 aliphatic carbocycles. The van der Waals surface area contributed by atoms with E-state index in [1.165, 1.54) is 5.75 Å². The predicted octanol–water partition coefficient (Wildman–Crippen LogP) is 1.30. The number of imidazole rings is 1. The van der Waals surface area contributed by atoms with Crippen molar-refractivity contribution < 1.29 is 0 Å². The second-order valence-electron chi connectivity index (χ2n) is 2.78. The molecule has 0 bridgehead atoms. The van der Waals surface area contributed by atoms with Crippen LogP contribution in [0.2, 0.25) is 0 Å². The van der Waals surface area contributed by atoms with Crippen LogP contribution < -0.4 is 5.73 Å². The molecular formula is C8H15N3S. The van der Waals surface area contributed by atoms with Gasteiger partial charge in [-0.2, -0.15) is 11.8 Å². The highest BCUT2D eigenvalue weighted by Crippen LogP contribution is 2.11. The third-order valence-electron chi connectivity index (χ3n) is 1.82. The number of nitrogens with zero attached hydrogens (tertiary/aromatic N) is 2. The van der Waals surface area contributed by atoms with E-state index in [1.807, 2.05) is 23.4 Å². The molecule has 0 spiro atoms. The Labute approximate surface area is 77.4 Å². The Bertz CT molecular complexity index is 244. The molecule has 0 fully saturated rings. The predicted molar refractivity (Wildman–Crippen MR) is 54.3 cm³/mol. The van der Waals surface area contributed by atoms with Crippen molar-refractivity contribution >= 4 is 17.6 Å². The van der Waals surface area contributed by atoms with Gasteiger partial charge in [-0.05, 0) is 24.9 Å². The van der Waals surface area contributed by atoms with Crippen molar-refractivity contribution in [2.45, 2.75) is 12.8 Å². The Morgan fingerprint density at radius 1 is 1.67 bits per heavy atom. The van der Waals surface area contributed by atoms with E-state index >= 15 is 0 Å². The number of anilines is 1. The van der Waals surface area contributed by atoms with E-state index in [2.05, 4.69) is 11.2 Å². The highest BCUT2D eigenvalue weighted by atomic mass is 32.2. The van der Waals surface area contributed by atoms with Crippen molar-refractivity contribution in [2.75, 3.05) is 17.7 Å². The average molecular weight is 185 g/mol. The first-order valence-corrected chi connectivity index (χ1v) is 5.39. The van der Waals surface area contributed by atoms with Crippen LogP contribution in [0.15, 0.2) is 6.33 Å². The van der Waals surface area contributed by atoms with Crippen LogP contribution in [0.1, 0.15) is 12.1 Å². The van der Waals surface area contributed by atoms with Gasteiger partial charge in [0.05, 0.1) is 12.0 Å². The fourth-order valence-electron chi connectivity index (χ4n) is 1.06. The van der Waals surface area contributed by atoms with E-state index in [1.54, 1.807) is 6.33 Å². The van der Waals surface area contributed by atoms with Crippen molar-refractivity contribution in [1.82, 2.24) is 9.55 Å². The van der Waals surface area contributed by atoms with E-state index in [-0.39, 0.29) is 0 Å². The molecule has 0 unspecified atom stereocenters. The lowest BCUT2D eigenvalue weighted by Gasteiger charge is -1.98. The van der Waals surface area contributed by atoms with Gasteiger partial charge in [0.1, 0.15) is 5.82 Å². The maximum atomic E-state index is 5.78. The van der Waals surface area contributed by atoms with Gasteiger partial charge in [0.25, 0.3) is 0 Å². The van der Waals surface area contributed by atoms with Gasteiger partial charge in [-0.1, -0.05) is 0 Å². The van der Waals surface area contributed by atoms with Crippen LogP contribution in [0.4, 0.5) is 5.82 Å². The minimum Gasteiger partial charge on any atom is -0.384 e. The monoisotopic (exact) mass is 185 g/mol. The molecule has 0 aliphatic rings. The van der Waals surface area contributed by atoms with Gasteiger partial charge in [-0.3, -0.25) is 0 Å². The van der Waals surface area contributed by atoms with Crippen molar-refractivity contribution in [3.63, 3.8) is 0 Å². The summed E-state index contributed by atoms with van der Waals surface area (Å²) >= 11 is 1.86. The van der Waals surface area contributed by atoms with Crippen LogP contribution in [0.3, 0.4) is 0 Å². The molecule has 3 nitrogen and oxygen atoms in total. The van der Waals surface area contributed by atoms with Crippen LogP contribution in [0.5, 0.6) is 0 Å². The van der Waals surface area contributed by atoms with Gasteiger partial charge >= 0.3 is 0 Å². The standard InChI is InChI=1S/C8H15N3S/c1-11-6-10-7(8(11)9)4-3-5-12-2/h6H,3-5,9H2,1-2H3. The van der Waals surface area contributed by atoms with E-state index in [0.29, 0.717) is 0 Å². The number of aryl methyl sites for hydroxylation is 2. The zero-order valence-corrected chi connectivity index (χ0v) is 8.40. The average Bonchev–Trinajstić information content (AvgIpc) is 2.36. The summed E-state index contributed by atoms with van der Waals surface area (Å²) in [5, 5.41) is 0. The number of nitrogens with two attached hydrogens (primary N) is 1. The Balaban J connectivity index is 2.46. The Hall–Kier alpha value is -0.640. The third kappa shape index (κ3) is 2.17. The molecule has 1 aromatic rings. The van der Waals surface area contributed by atoms with Gasteiger partial charge < -0.3 is 10.3 Å². The Morgan fingerprint density at radius 2 is 2.42 bits per heavy atom. The minimum absolute atomic E-state index is 0.802. The van der Waals surface area contributed by atoms with Crippen LogP contribution in [-0.2, 0) is 13.5 Å². The second-order valence-corrected chi connectivity index (χ2v) is 3.77. The first kappa shape index (κ1) is 9.45. The maximum Gasteiger partial charge on any atom is 0.126 e. The van der Waals surface area contributed by atoms with Crippen molar-refractivity contribution in [2.24, 2.45) is 7.05 Å². The van der Waals surface area contributed by atoms with Crippen molar-refractivity contribution in [3.05, 3.63) is 12.0 Å². The summed E-state index contributed by atoms with van der Waals surface area (Å²) in [5.74, 6) is 1.98. The molecule has 1 aromatic heterocycles. The summed E-state index contributed by atoms with van der Waals surface area (Å²) in [6, 6.07) is 0. The quantitative estimate of drug-likeness (QED) is 0.719. The van der Waals surface area contributed by atoms with Crippen LogP contribution in [0.25, 0.3) is 0 Å². The SMILES string of the molecule is CSCCCc1ncn(C)c1N. The van der Waals surface area contributed by atoms with E-state index in [4.69, 9.17) is 5.73 Å². The Morgan fingerprint density at radius 3 is 2.92 bits per heavy atom. The topological polar surface area (TPSA) is 43.8 Å². The lowest BCUT2D eigenvalue weighted by Crippen LogP contribution is -1.98. The molecule has 0 atom stereocenters. The normalized spacial score (nSPS) is 10.5. The second kappa shape index (κ2) is 4.40. The van der Waals surface area contributed by atoms with Gasteiger partial charge in [-0.25, -0.2) is 4.98 Å². The van der Waals surface area contributed by atoms with Gasteiger partial charge in [-0.15, -0.1) is 0 Å². The molecule has 12 heavy (non-hydrogen) atoms. The van der Waals surface area contributed by atoms with Gasteiger partial charge in [0.2, 0.25) is 0 Å². The summed E-state index contributed by atoms with van der Waals surface area (Å²) in [4.78, 5) is 4.22. The summed E-state index contributed by atoms with van der Waals surface area (Å²) < 4.78 is 1.86. The molecule has 0 saturated carbocycles. The maximum absolute atomic E-state index is 5.78. The molecule has 0 saturated heterocycles. The van der Waals surface area contributed by atoms with Crippen LogP contribution >= 0.6 is 11.8 Å². The number of hydrogen-bond donors (Lipinski definition) is 1. The minimum atomic E-state index is 0.802. The largest absolute Gasteiger partial charge is 0.384 e. The number of rotatable bonds is 4. The summed E-state index contributed by atoms with van der Waals surface area (Å²) in [6.07, 6.45) is 6.03. The molecule has 0 radical (unpaired) electrons. The molecule has 0 aromatic carbocycles. The molecule has 68 valence electrons. The number of thioether (sulfide) groups is 1. The lowest BCUT2D eigenvalue weighted by molar-refractivity contribution is 0.902. The molecular weight excluding hydrogens is 170 g/mol. The number of hydrogen-bond acceptors (Lipinski definition) is 3. The number of nitrogen functional groups attached to an aromatic ring is 1. The highest BCUT2D eigenvalue weighted by molar-refractivity contribution is 7.98. The van der Waals surface area contributed by atoms with Crippen molar-refractivity contribution in [3.8, 4) is 0 Å². The van der Waals surface area contributed by atoms with Crippen LogP contribution in [0, 0.1) is 0 Å². The molecule has 0 aliphatic heterocycles. The van der Waals surface area contributed by atoms with Gasteiger partial charge in [0.15, 0.2) is 0 Å². The molecule has 1 rings (SSSR count). The van der Waals surface area contributed by atoms with E-state index < -0.39 is 0 Å². The fraction of sp³-hybridized carbons (Fsp3) is 0.625. The zero-order chi connectivity index (χ0) is 8.97. The summed E-state index contributed by atoms with van der Waals surface area (Å²) in [7, 11) is 1.92. The van der Waals surface area contributed by atoms with E-state index in [9.17, 15) is 0 Å². The molecule has 1 heterocycles. The third-order valence-corrected chi connectivity index (χ3v) is 2.52. The first-order chi connectivity index (χ1) is 5.75. The van der Waals surface area contributed by atoms with Gasteiger partial charge in [0, 0.05) is 7.05 Å². The molecule has 0 amide bonds. The highest BCUT2D eigenvalue weighted by Gasteiger charge is 2.03. The molecule has 4 heteroatoms. The fourth-order valence-corrected chi connectivity index (χ4v) is 1.50. The number of aromatic nitrogens is 2. The van der Waals surface area contributed by atoms with E-state index in [0.717, 1.165) is 24.4 Å². The first-order valence-electron chi connectivity index (χ1n) is 4.00. The lowest BCUT2D eigenvalue weighted by atomic mass is 10.2. The molecule has 2 N–H and O–H groups in total. The Kier molecular flexibility index (Phi) is 3.47. The summed E-state index contributed by atoms with van der Waals surface area (Å²) in [6.45, 7) is 0. The smallest absolute Gasteiger partial charge is 0.126 e.